The number of hydrogen-bond donors (Lipinski definition) is 2. The molecule has 0 spiro atoms. The summed E-state index contributed by atoms with van der Waals surface area (Å²) in [4.78, 5) is 14.2. The summed E-state index contributed by atoms with van der Waals surface area (Å²) in [5, 5.41) is 20.9. The standard InChI is InChI=1S/C16H20N4O2S/c1-3-8-20(9-10-21)11-14-18-19-16(23-14)15(22)17-13-6-4-12(2)5-7-13/h3-7,21H,1,8-11H2,2H3,(H,17,22). The van der Waals surface area contributed by atoms with Crippen molar-refractivity contribution in [2.75, 3.05) is 25.0 Å². The summed E-state index contributed by atoms with van der Waals surface area (Å²) in [6, 6.07) is 7.57. The van der Waals surface area contributed by atoms with Crippen LogP contribution >= 0.6 is 11.3 Å². The molecular weight excluding hydrogens is 312 g/mol. The van der Waals surface area contributed by atoms with Crippen LogP contribution in [0.1, 0.15) is 20.4 Å². The summed E-state index contributed by atoms with van der Waals surface area (Å²) < 4.78 is 0. The zero-order valence-corrected chi connectivity index (χ0v) is 13.8. The Balaban J connectivity index is 1.98. The average Bonchev–Trinajstić information content (AvgIpc) is 2.99. The SMILES string of the molecule is C=CCN(CCO)Cc1nnc(C(=O)Nc2ccc(C)cc2)s1. The van der Waals surface area contributed by atoms with Crippen molar-refractivity contribution < 1.29 is 9.90 Å². The van der Waals surface area contributed by atoms with E-state index in [1.807, 2.05) is 36.1 Å². The van der Waals surface area contributed by atoms with E-state index in [2.05, 4.69) is 22.1 Å². The van der Waals surface area contributed by atoms with Crippen molar-refractivity contribution in [2.24, 2.45) is 0 Å². The van der Waals surface area contributed by atoms with Gasteiger partial charge in [-0.05, 0) is 19.1 Å². The van der Waals surface area contributed by atoms with E-state index in [1.54, 1.807) is 6.08 Å². The summed E-state index contributed by atoms with van der Waals surface area (Å²) in [6.07, 6.45) is 1.77. The molecule has 1 aromatic carbocycles. The molecule has 1 amide bonds. The number of benzene rings is 1. The highest BCUT2D eigenvalue weighted by Crippen LogP contribution is 2.15. The number of aliphatic hydroxyl groups excluding tert-OH is 1. The van der Waals surface area contributed by atoms with E-state index in [9.17, 15) is 4.79 Å². The van der Waals surface area contributed by atoms with Crippen LogP contribution < -0.4 is 5.32 Å². The zero-order valence-electron chi connectivity index (χ0n) is 13.0. The molecule has 122 valence electrons. The van der Waals surface area contributed by atoms with Gasteiger partial charge in [0.15, 0.2) is 0 Å². The maximum absolute atomic E-state index is 12.2. The maximum Gasteiger partial charge on any atom is 0.286 e. The van der Waals surface area contributed by atoms with Crippen molar-refractivity contribution in [1.82, 2.24) is 15.1 Å². The van der Waals surface area contributed by atoms with E-state index >= 15 is 0 Å². The van der Waals surface area contributed by atoms with Gasteiger partial charge in [0.05, 0.1) is 13.2 Å². The van der Waals surface area contributed by atoms with Gasteiger partial charge in [-0.1, -0.05) is 35.1 Å². The Kier molecular flexibility index (Phi) is 6.40. The highest BCUT2D eigenvalue weighted by Gasteiger charge is 2.14. The van der Waals surface area contributed by atoms with E-state index in [1.165, 1.54) is 11.3 Å². The molecule has 2 rings (SSSR count). The first-order valence-corrected chi connectivity index (χ1v) is 8.08. The first-order chi connectivity index (χ1) is 11.1. The van der Waals surface area contributed by atoms with Crippen LogP contribution in [0.3, 0.4) is 0 Å². The average molecular weight is 332 g/mol. The number of hydrogen-bond acceptors (Lipinski definition) is 6. The molecule has 23 heavy (non-hydrogen) atoms. The number of amides is 1. The van der Waals surface area contributed by atoms with Crippen LogP contribution in [0.5, 0.6) is 0 Å². The van der Waals surface area contributed by atoms with Gasteiger partial charge < -0.3 is 10.4 Å². The van der Waals surface area contributed by atoms with Gasteiger partial charge in [0, 0.05) is 18.8 Å². The molecule has 0 aliphatic heterocycles. The van der Waals surface area contributed by atoms with E-state index < -0.39 is 0 Å². The van der Waals surface area contributed by atoms with Crippen LogP contribution in [-0.2, 0) is 6.54 Å². The molecule has 7 heteroatoms. The van der Waals surface area contributed by atoms with Gasteiger partial charge in [0.25, 0.3) is 5.91 Å². The molecule has 0 atom stereocenters. The molecule has 6 nitrogen and oxygen atoms in total. The fourth-order valence-electron chi connectivity index (χ4n) is 1.98. The number of nitrogens with zero attached hydrogens (tertiary/aromatic N) is 3. The second-order valence-corrected chi connectivity index (χ2v) is 6.13. The fourth-order valence-corrected chi connectivity index (χ4v) is 2.76. The highest BCUT2D eigenvalue weighted by atomic mass is 32.1. The number of carbonyl (C=O) groups excluding carboxylic acids is 1. The second kappa shape index (κ2) is 8.52. The normalized spacial score (nSPS) is 10.7. The Bertz CT molecular complexity index is 654. The lowest BCUT2D eigenvalue weighted by Crippen LogP contribution is -2.26. The summed E-state index contributed by atoms with van der Waals surface area (Å²) >= 11 is 1.25. The van der Waals surface area contributed by atoms with Gasteiger partial charge in [-0.2, -0.15) is 0 Å². The molecule has 1 heterocycles. The summed E-state index contributed by atoms with van der Waals surface area (Å²) in [7, 11) is 0. The zero-order chi connectivity index (χ0) is 16.7. The van der Waals surface area contributed by atoms with Crippen LogP contribution in [0.25, 0.3) is 0 Å². The van der Waals surface area contributed by atoms with Crippen LogP contribution in [0.15, 0.2) is 36.9 Å². The van der Waals surface area contributed by atoms with Crippen LogP contribution in [0, 0.1) is 6.92 Å². The van der Waals surface area contributed by atoms with E-state index in [4.69, 9.17) is 5.11 Å². The Morgan fingerprint density at radius 2 is 2.13 bits per heavy atom. The number of rotatable bonds is 8. The number of aryl methyl sites for hydroxylation is 1. The summed E-state index contributed by atoms with van der Waals surface area (Å²) in [5.74, 6) is -0.268. The smallest absolute Gasteiger partial charge is 0.286 e. The minimum absolute atomic E-state index is 0.0629. The van der Waals surface area contributed by atoms with E-state index in [-0.39, 0.29) is 12.5 Å². The minimum Gasteiger partial charge on any atom is -0.395 e. The first kappa shape index (κ1) is 17.3. The fraction of sp³-hybridized carbons (Fsp3) is 0.312. The lowest BCUT2D eigenvalue weighted by atomic mass is 10.2. The number of carbonyl (C=O) groups is 1. The molecular formula is C16H20N4O2S. The van der Waals surface area contributed by atoms with Crippen LogP contribution in [0.2, 0.25) is 0 Å². The van der Waals surface area contributed by atoms with Gasteiger partial charge in [0.2, 0.25) is 5.01 Å². The summed E-state index contributed by atoms with van der Waals surface area (Å²) in [6.45, 7) is 7.44. The molecule has 2 aromatic rings. The molecule has 0 aliphatic carbocycles. The van der Waals surface area contributed by atoms with Crippen molar-refractivity contribution in [2.45, 2.75) is 13.5 Å². The van der Waals surface area contributed by atoms with E-state index in [0.717, 1.165) is 16.3 Å². The van der Waals surface area contributed by atoms with Crippen molar-refractivity contribution in [3.05, 3.63) is 52.5 Å². The number of anilines is 1. The molecule has 0 unspecified atom stereocenters. The number of aromatic nitrogens is 2. The largest absolute Gasteiger partial charge is 0.395 e. The highest BCUT2D eigenvalue weighted by molar-refractivity contribution is 7.13. The lowest BCUT2D eigenvalue weighted by Gasteiger charge is -2.16. The van der Waals surface area contributed by atoms with Gasteiger partial charge >= 0.3 is 0 Å². The van der Waals surface area contributed by atoms with Crippen molar-refractivity contribution in [3.63, 3.8) is 0 Å². The number of aliphatic hydroxyl groups is 1. The summed E-state index contributed by atoms with van der Waals surface area (Å²) in [5.41, 5.74) is 1.86. The molecule has 2 N–H and O–H groups in total. The van der Waals surface area contributed by atoms with Crippen molar-refractivity contribution in [3.8, 4) is 0 Å². The Hall–Kier alpha value is -2.09. The van der Waals surface area contributed by atoms with Crippen molar-refractivity contribution >= 4 is 22.9 Å². The van der Waals surface area contributed by atoms with Crippen LogP contribution in [-0.4, -0.2) is 45.8 Å². The maximum atomic E-state index is 12.2. The minimum atomic E-state index is -0.268. The monoisotopic (exact) mass is 332 g/mol. The Morgan fingerprint density at radius 1 is 1.39 bits per heavy atom. The second-order valence-electron chi connectivity index (χ2n) is 5.07. The molecule has 0 aliphatic rings. The van der Waals surface area contributed by atoms with E-state index in [0.29, 0.717) is 24.6 Å². The van der Waals surface area contributed by atoms with Crippen molar-refractivity contribution in [1.29, 1.82) is 0 Å². The topological polar surface area (TPSA) is 78.3 Å². The Morgan fingerprint density at radius 3 is 2.78 bits per heavy atom. The molecule has 0 saturated carbocycles. The molecule has 0 fully saturated rings. The van der Waals surface area contributed by atoms with Gasteiger partial charge in [0.1, 0.15) is 5.01 Å². The number of nitrogens with one attached hydrogen (secondary N) is 1. The molecule has 0 bridgehead atoms. The molecule has 0 saturated heterocycles. The quantitative estimate of drug-likeness (QED) is 0.724. The predicted molar refractivity (Wildman–Crippen MR) is 91.6 cm³/mol. The third-order valence-corrected chi connectivity index (χ3v) is 4.04. The molecule has 0 radical (unpaired) electrons. The lowest BCUT2D eigenvalue weighted by molar-refractivity contribution is 0.102. The van der Waals surface area contributed by atoms with Gasteiger partial charge in [-0.25, -0.2) is 0 Å². The third-order valence-electron chi connectivity index (χ3n) is 3.13. The molecule has 1 aromatic heterocycles. The first-order valence-electron chi connectivity index (χ1n) is 7.27. The predicted octanol–water partition coefficient (Wildman–Crippen LogP) is 2.08. The third kappa shape index (κ3) is 5.24. The van der Waals surface area contributed by atoms with Gasteiger partial charge in [-0.3, -0.25) is 9.69 Å². The van der Waals surface area contributed by atoms with Gasteiger partial charge in [-0.15, -0.1) is 16.8 Å². The Labute approximate surface area is 139 Å². The van der Waals surface area contributed by atoms with Crippen LogP contribution in [0.4, 0.5) is 5.69 Å².